The van der Waals surface area contributed by atoms with Crippen LogP contribution < -0.4 is 10.6 Å². The van der Waals surface area contributed by atoms with Crippen LogP contribution in [0, 0.1) is 5.82 Å². The fourth-order valence-corrected chi connectivity index (χ4v) is 3.55. The lowest BCUT2D eigenvalue weighted by Crippen LogP contribution is -2.44. The van der Waals surface area contributed by atoms with E-state index in [4.69, 9.17) is 0 Å². The highest BCUT2D eigenvalue weighted by Crippen LogP contribution is 2.44. The van der Waals surface area contributed by atoms with Crippen LogP contribution in [0.4, 0.5) is 28.9 Å². The van der Waals surface area contributed by atoms with E-state index in [1.165, 1.54) is 29.2 Å². The van der Waals surface area contributed by atoms with Crippen molar-refractivity contribution in [2.24, 2.45) is 0 Å². The molecule has 26 heavy (non-hydrogen) atoms. The summed E-state index contributed by atoms with van der Waals surface area (Å²) in [7, 11) is 0. The van der Waals surface area contributed by atoms with Crippen molar-refractivity contribution in [3.05, 3.63) is 58.9 Å². The standard InChI is InChI=1S/C18H15F4N3O/c19-13-3-1-2-4-14(13)24-10-7-11-15-9-23-5-6-25(15)17(26)16(11)12(8-10)18(20,21)22/h1-4,7-8,15,23-24H,5-6,9H2. The molecule has 2 aromatic rings. The lowest BCUT2D eigenvalue weighted by molar-refractivity contribution is -0.137. The maximum absolute atomic E-state index is 13.9. The molecule has 2 heterocycles. The van der Waals surface area contributed by atoms with E-state index < -0.39 is 29.5 Å². The Kier molecular flexibility index (Phi) is 3.87. The number of carbonyl (C=O) groups is 1. The minimum atomic E-state index is -4.69. The van der Waals surface area contributed by atoms with Gasteiger partial charge >= 0.3 is 6.18 Å². The monoisotopic (exact) mass is 365 g/mol. The predicted molar refractivity (Wildman–Crippen MR) is 87.8 cm³/mol. The van der Waals surface area contributed by atoms with Crippen LogP contribution in [0.1, 0.15) is 27.5 Å². The van der Waals surface area contributed by atoms with E-state index in [1.807, 2.05) is 0 Å². The molecule has 4 nitrogen and oxygen atoms in total. The van der Waals surface area contributed by atoms with Crippen molar-refractivity contribution in [3.63, 3.8) is 0 Å². The van der Waals surface area contributed by atoms with Gasteiger partial charge in [0.2, 0.25) is 0 Å². The van der Waals surface area contributed by atoms with Gasteiger partial charge in [0.1, 0.15) is 5.82 Å². The van der Waals surface area contributed by atoms with Crippen molar-refractivity contribution >= 4 is 17.3 Å². The topological polar surface area (TPSA) is 44.4 Å². The number of para-hydroxylation sites is 1. The fourth-order valence-electron chi connectivity index (χ4n) is 3.55. The number of amides is 1. The van der Waals surface area contributed by atoms with Crippen LogP contribution in [0.15, 0.2) is 36.4 Å². The summed E-state index contributed by atoms with van der Waals surface area (Å²) in [4.78, 5) is 14.0. The minimum Gasteiger partial charge on any atom is -0.353 e. The zero-order chi connectivity index (χ0) is 18.5. The number of piperazine rings is 1. The molecule has 8 heteroatoms. The maximum atomic E-state index is 13.9. The van der Waals surface area contributed by atoms with Crippen LogP contribution >= 0.6 is 0 Å². The number of fused-ring (bicyclic) bond motifs is 3. The van der Waals surface area contributed by atoms with Crippen molar-refractivity contribution < 1.29 is 22.4 Å². The molecule has 1 fully saturated rings. The van der Waals surface area contributed by atoms with E-state index in [0.717, 1.165) is 6.07 Å². The van der Waals surface area contributed by atoms with E-state index in [0.29, 0.717) is 25.2 Å². The van der Waals surface area contributed by atoms with Crippen molar-refractivity contribution in [1.29, 1.82) is 0 Å². The lowest BCUT2D eigenvalue weighted by Gasteiger charge is -2.30. The summed E-state index contributed by atoms with van der Waals surface area (Å²) in [6.45, 7) is 1.28. The Morgan fingerprint density at radius 1 is 1.19 bits per heavy atom. The van der Waals surface area contributed by atoms with E-state index in [-0.39, 0.29) is 16.9 Å². The quantitative estimate of drug-likeness (QED) is 0.798. The lowest BCUT2D eigenvalue weighted by atomic mass is 9.97. The summed E-state index contributed by atoms with van der Waals surface area (Å²) in [5.41, 5.74) is -0.806. The van der Waals surface area contributed by atoms with Crippen LogP contribution in [-0.2, 0) is 6.18 Å². The van der Waals surface area contributed by atoms with Gasteiger partial charge < -0.3 is 15.5 Å². The first-order chi connectivity index (χ1) is 12.4. The molecule has 0 bridgehead atoms. The Balaban J connectivity index is 1.84. The number of hydrogen-bond acceptors (Lipinski definition) is 3. The third-order valence-electron chi connectivity index (χ3n) is 4.70. The van der Waals surface area contributed by atoms with Crippen LogP contribution in [0.25, 0.3) is 0 Å². The summed E-state index contributed by atoms with van der Waals surface area (Å²) in [6, 6.07) is 7.66. The number of anilines is 2. The zero-order valence-electron chi connectivity index (χ0n) is 13.5. The van der Waals surface area contributed by atoms with Crippen LogP contribution in [0.3, 0.4) is 0 Å². The third-order valence-corrected chi connectivity index (χ3v) is 4.70. The Morgan fingerprint density at radius 3 is 2.69 bits per heavy atom. The SMILES string of the molecule is O=C1c2c(cc(Nc3ccccc3F)cc2C(F)(F)F)C2CNCCN12. The first kappa shape index (κ1) is 16.8. The largest absolute Gasteiger partial charge is 0.417 e. The van der Waals surface area contributed by atoms with Gasteiger partial charge in [-0.05, 0) is 29.8 Å². The van der Waals surface area contributed by atoms with E-state index in [2.05, 4.69) is 10.6 Å². The summed E-state index contributed by atoms with van der Waals surface area (Å²) < 4.78 is 54.7. The van der Waals surface area contributed by atoms with E-state index in [1.54, 1.807) is 6.07 Å². The predicted octanol–water partition coefficient (Wildman–Crippen LogP) is 3.69. The van der Waals surface area contributed by atoms with Crippen LogP contribution in [0.2, 0.25) is 0 Å². The summed E-state index contributed by atoms with van der Waals surface area (Å²) >= 11 is 0. The van der Waals surface area contributed by atoms with Gasteiger partial charge in [0.05, 0.1) is 22.9 Å². The van der Waals surface area contributed by atoms with Crippen LogP contribution in [-0.4, -0.2) is 30.4 Å². The number of nitrogens with zero attached hydrogens (tertiary/aromatic N) is 1. The Bertz CT molecular complexity index is 881. The normalized spacial score (nSPS) is 19.3. The second kappa shape index (κ2) is 5.98. The summed E-state index contributed by atoms with van der Waals surface area (Å²) in [5.74, 6) is -1.17. The molecule has 0 aliphatic carbocycles. The Morgan fingerprint density at radius 2 is 1.96 bits per heavy atom. The number of nitrogens with one attached hydrogen (secondary N) is 2. The summed E-state index contributed by atoms with van der Waals surface area (Å²) in [6.07, 6.45) is -4.69. The zero-order valence-corrected chi connectivity index (χ0v) is 13.5. The van der Waals surface area contributed by atoms with Crippen molar-refractivity contribution in [3.8, 4) is 0 Å². The molecule has 1 atom stereocenters. The summed E-state index contributed by atoms with van der Waals surface area (Å²) in [5, 5.41) is 5.80. The molecule has 1 unspecified atom stereocenters. The van der Waals surface area contributed by atoms with Crippen molar-refractivity contribution in [2.45, 2.75) is 12.2 Å². The van der Waals surface area contributed by atoms with Crippen molar-refractivity contribution in [2.75, 3.05) is 25.0 Å². The van der Waals surface area contributed by atoms with Gasteiger partial charge in [0.25, 0.3) is 5.91 Å². The van der Waals surface area contributed by atoms with E-state index >= 15 is 0 Å². The number of halogens is 4. The fraction of sp³-hybridized carbons (Fsp3) is 0.278. The number of alkyl halides is 3. The molecule has 2 aliphatic heterocycles. The molecule has 2 N–H and O–H groups in total. The molecule has 1 saturated heterocycles. The molecule has 136 valence electrons. The second-order valence-corrected chi connectivity index (χ2v) is 6.31. The number of benzene rings is 2. The van der Waals surface area contributed by atoms with Gasteiger partial charge in [-0.15, -0.1) is 0 Å². The van der Waals surface area contributed by atoms with Gasteiger partial charge in [-0.3, -0.25) is 4.79 Å². The average molecular weight is 365 g/mol. The van der Waals surface area contributed by atoms with Gasteiger partial charge in [-0.2, -0.15) is 13.2 Å². The molecule has 0 radical (unpaired) electrons. The first-order valence-electron chi connectivity index (χ1n) is 8.14. The molecular formula is C18H15F4N3O. The molecular weight excluding hydrogens is 350 g/mol. The highest BCUT2D eigenvalue weighted by molar-refractivity contribution is 6.01. The van der Waals surface area contributed by atoms with Crippen molar-refractivity contribution in [1.82, 2.24) is 10.2 Å². The number of hydrogen-bond donors (Lipinski definition) is 2. The maximum Gasteiger partial charge on any atom is 0.417 e. The average Bonchev–Trinajstić information content (AvgIpc) is 2.89. The van der Waals surface area contributed by atoms with Gasteiger partial charge in [0.15, 0.2) is 0 Å². The highest BCUT2D eigenvalue weighted by Gasteiger charge is 2.45. The Hall–Kier alpha value is -2.61. The molecule has 4 rings (SSSR count). The highest BCUT2D eigenvalue weighted by atomic mass is 19.4. The Labute approximate surface area is 146 Å². The smallest absolute Gasteiger partial charge is 0.353 e. The third kappa shape index (κ3) is 2.70. The minimum absolute atomic E-state index is 0.0727. The molecule has 0 spiro atoms. The molecule has 0 saturated carbocycles. The number of rotatable bonds is 2. The van der Waals surface area contributed by atoms with Crippen LogP contribution in [0.5, 0.6) is 0 Å². The van der Waals surface area contributed by atoms with Gasteiger partial charge in [-0.1, -0.05) is 12.1 Å². The first-order valence-corrected chi connectivity index (χ1v) is 8.14. The molecule has 2 aliphatic rings. The van der Waals surface area contributed by atoms with E-state index in [9.17, 15) is 22.4 Å². The molecule has 0 aromatic heterocycles. The second-order valence-electron chi connectivity index (χ2n) is 6.31. The van der Waals surface area contributed by atoms with Gasteiger partial charge in [-0.25, -0.2) is 4.39 Å². The molecule has 2 aromatic carbocycles. The van der Waals surface area contributed by atoms with Gasteiger partial charge in [0, 0.05) is 25.3 Å². The molecule has 1 amide bonds. The number of carbonyl (C=O) groups excluding carboxylic acids is 1.